The number of fused-ring (bicyclic) bond motifs is 1. The van der Waals surface area contributed by atoms with Gasteiger partial charge in [-0.05, 0) is 80.0 Å². The molecule has 38 heavy (non-hydrogen) atoms. The predicted octanol–water partition coefficient (Wildman–Crippen LogP) is 5.87. The molecule has 4 rings (SSSR count). The minimum atomic E-state index is -0.222. The van der Waals surface area contributed by atoms with Crippen LogP contribution < -0.4 is 10.6 Å². The van der Waals surface area contributed by atoms with Crippen LogP contribution in [-0.4, -0.2) is 47.9 Å². The zero-order valence-corrected chi connectivity index (χ0v) is 22.9. The van der Waals surface area contributed by atoms with E-state index < -0.39 is 0 Å². The van der Waals surface area contributed by atoms with Gasteiger partial charge in [0.15, 0.2) is 0 Å². The van der Waals surface area contributed by atoms with Crippen molar-refractivity contribution >= 4 is 17.6 Å². The van der Waals surface area contributed by atoms with Crippen molar-refractivity contribution in [1.82, 2.24) is 15.1 Å². The molecule has 1 aliphatic heterocycles. The minimum Gasteiger partial charge on any atom is -0.341 e. The van der Waals surface area contributed by atoms with Gasteiger partial charge in [-0.2, -0.15) is 0 Å². The summed E-state index contributed by atoms with van der Waals surface area (Å²) in [5.41, 5.74) is 6.53. The van der Waals surface area contributed by atoms with Crippen LogP contribution in [0, 0.1) is 0 Å². The number of urea groups is 1. The molecular formula is C32H40N4O2. The summed E-state index contributed by atoms with van der Waals surface area (Å²) in [6.45, 7) is 7.40. The number of unbranched alkanes of at least 4 members (excludes halogenated alkanes) is 1. The molecule has 0 unspecified atom stereocenters. The van der Waals surface area contributed by atoms with Crippen LogP contribution in [0.5, 0.6) is 0 Å². The van der Waals surface area contributed by atoms with Gasteiger partial charge >= 0.3 is 6.03 Å². The fourth-order valence-corrected chi connectivity index (χ4v) is 5.13. The van der Waals surface area contributed by atoms with E-state index in [0.29, 0.717) is 6.54 Å². The third kappa shape index (κ3) is 7.23. The lowest BCUT2D eigenvalue weighted by Crippen LogP contribution is -2.39. The summed E-state index contributed by atoms with van der Waals surface area (Å²) in [7, 11) is 1.61. The van der Waals surface area contributed by atoms with Crippen molar-refractivity contribution in [3.63, 3.8) is 0 Å². The SMILES string of the molecule is CNC(=O)Nc1ccc2c(c1)CN(Cc1ccccc1C(=O)N(CCCCc1ccccc1)C(C)C)CC2. The van der Waals surface area contributed by atoms with Crippen LogP contribution in [0.25, 0.3) is 0 Å². The van der Waals surface area contributed by atoms with Crippen LogP contribution in [0.3, 0.4) is 0 Å². The first kappa shape index (κ1) is 27.4. The molecule has 0 spiro atoms. The van der Waals surface area contributed by atoms with Gasteiger partial charge in [0.2, 0.25) is 0 Å². The Hall–Kier alpha value is -3.64. The van der Waals surface area contributed by atoms with Crippen molar-refractivity contribution in [2.75, 3.05) is 25.5 Å². The molecule has 200 valence electrons. The number of rotatable bonds is 10. The maximum absolute atomic E-state index is 13.7. The summed E-state index contributed by atoms with van der Waals surface area (Å²) in [4.78, 5) is 29.9. The molecule has 0 bridgehead atoms. The Labute approximate surface area is 227 Å². The molecule has 1 heterocycles. The van der Waals surface area contributed by atoms with Crippen molar-refractivity contribution in [2.24, 2.45) is 0 Å². The second kappa shape index (κ2) is 13.2. The topological polar surface area (TPSA) is 64.7 Å². The van der Waals surface area contributed by atoms with Crippen molar-refractivity contribution < 1.29 is 9.59 Å². The van der Waals surface area contributed by atoms with Crippen molar-refractivity contribution in [3.05, 3.63) is 101 Å². The molecular weight excluding hydrogens is 472 g/mol. The molecule has 1 aliphatic rings. The zero-order valence-electron chi connectivity index (χ0n) is 22.9. The number of hydrogen-bond donors (Lipinski definition) is 2. The molecule has 3 aromatic carbocycles. The van der Waals surface area contributed by atoms with E-state index in [9.17, 15) is 9.59 Å². The molecule has 0 fully saturated rings. The van der Waals surface area contributed by atoms with E-state index in [1.54, 1.807) is 7.05 Å². The first-order valence-electron chi connectivity index (χ1n) is 13.7. The molecule has 0 saturated heterocycles. The van der Waals surface area contributed by atoms with Crippen LogP contribution in [0.4, 0.5) is 10.5 Å². The highest BCUT2D eigenvalue weighted by Crippen LogP contribution is 2.25. The summed E-state index contributed by atoms with van der Waals surface area (Å²) >= 11 is 0. The molecule has 3 aromatic rings. The van der Waals surface area contributed by atoms with E-state index in [-0.39, 0.29) is 18.0 Å². The Balaban J connectivity index is 1.41. The molecule has 2 N–H and O–H groups in total. The zero-order chi connectivity index (χ0) is 26.9. The Morgan fingerprint density at radius 3 is 2.47 bits per heavy atom. The van der Waals surface area contributed by atoms with Crippen LogP contribution in [0.15, 0.2) is 72.8 Å². The summed E-state index contributed by atoms with van der Waals surface area (Å²) in [6, 6.07) is 24.6. The molecule has 3 amide bonds. The lowest BCUT2D eigenvalue weighted by molar-refractivity contribution is 0.0700. The molecule has 6 heteroatoms. The number of nitrogens with zero attached hydrogens (tertiary/aromatic N) is 2. The monoisotopic (exact) mass is 512 g/mol. The molecule has 6 nitrogen and oxygen atoms in total. The maximum atomic E-state index is 13.7. The number of amides is 3. The third-order valence-electron chi connectivity index (χ3n) is 7.27. The first-order chi connectivity index (χ1) is 18.4. The molecule has 0 atom stereocenters. The number of nitrogens with one attached hydrogen (secondary N) is 2. The van der Waals surface area contributed by atoms with Gasteiger partial charge in [-0.3, -0.25) is 9.69 Å². The van der Waals surface area contributed by atoms with E-state index in [0.717, 1.165) is 62.1 Å². The highest BCUT2D eigenvalue weighted by molar-refractivity contribution is 5.96. The van der Waals surface area contributed by atoms with Gasteiger partial charge in [0.05, 0.1) is 0 Å². The quantitative estimate of drug-likeness (QED) is 0.334. The Morgan fingerprint density at radius 1 is 0.947 bits per heavy atom. The Bertz CT molecular complexity index is 1230. The second-order valence-electron chi connectivity index (χ2n) is 10.3. The largest absolute Gasteiger partial charge is 0.341 e. The number of carbonyl (C=O) groups excluding carboxylic acids is 2. The van der Waals surface area contributed by atoms with Crippen molar-refractivity contribution in [1.29, 1.82) is 0 Å². The Kier molecular flexibility index (Phi) is 9.55. The summed E-state index contributed by atoms with van der Waals surface area (Å²) in [5, 5.41) is 5.46. The highest BCUT2D eigenvalue weighted by atomic mass is 16.2. The number of aryl methyl sites for hydroxylation is 1. The van der Waals surface area contributed by atoms with Gasteiger partial charge in [0, 0.05) is 50.5 Å². The standard InChI is InChI=1S/C32H40N4O2/c1-24(2)36(19-10-9-13-25-11-5-4-6-12-25)31(37)30-15-8-7-14-27(30)22-35-20-18-26-16-17-29(21-28(26)23-35)34-32(38)33-3/h4-8,11-12,14-17,21,24H,9-10,13,18-20,22-23H2,1-3H3,(H2,33,34,38). The molecule has 0 radical (unpaired) electrons. The number of hydrogen-bond acceptors (Lipinski definition) is 3. The Morgan fingerprint density at radius 2 is 1.71 bits per heavy atom. The third-order valence-corrected chi connectivity index (χ3v) is 7.27. The number of anilines is 1. The van der Waals surface area contributed by atoms with Gasteiger partial charge in [-0.15, -0.1) is 0 Å². The predicted molar refractivity (Wildman–Crippen MR) is 154 cm³/mol. The van der Waals surface area contributed by atoms with E-state index in [2.05, 4.69) is 71.8 Å². The van der Waals surface area contributed by atoms with Gasteiger partial charge in [0.25, 0.3) is 5.91 Å². The van der Waals surface area contributed by atoms with Gasteiger partial charge < -0.3 is 15.5 Å². The van der Waals surface area contributed by atoms with Crippen LogP contribution in [0.1, 0.15) is 59.3 Å². The highest BCUT2D eigenvalue weighted by Gasteiger charge is 2.23. The summed E-state index contributed by atoms with van der Waals surface area (Å²) in [6.07, 6.45) is 4.03. The smallest absolute Gasteiger partial charge is 0.318 e. The van der Waals surface area contributed by atoms with Crippen LogP contribution in [-0.2, 0) is 25.9 Å². The van der Waals surface area contributed by atoms with Gasteiger partial charge in [0.1, 0.15) is 0 Å². The average Bonchev–Trinajstić information content (AvgIpc) is 2.93. The fourth-order valence-electron chi connectivity index (χ4n) is 5.13. The molecule has 0 aromatic heterocycles. The maximum Gasteiger partial charge on any atom is 0.318 e. The van der Waals surface area contributed by atoms with E-state index >= 15 is 0 Å². The van der Waals surface area contributed by atoms with Gasteiger partial charge in [-0.25, -0.2) is 4.79 Å². The first-order valence-corrected chi connectivity index (χ1v) is 13.7. The average molecular weight is 513 g/mol. The number of benzene rings is 3. The van der Waals surface area contributed by atoms with Crippen LogP contribution >= 0.6 is 0 Å². The fraction of sp³-hybridized carbons (Fsp3) is 0.375. The minimum absolute atomic E-state index is 0.116. The second-order valence-corrected chi connectivity index (χ2v) is 10.3. The van der Waals surface area contributed by atoms with Crippen LogP contribution in [0.2, 0.25) is 0 Å². The van der Waals surface area contributed by atoms with E-state index in [1.807, 2.05) is 35.2 Å². The number of carbonyl (C=O) groups is 2. The van der Waals surface area contributed by atoms with E-state index in [1.165, 1.54) is 16.7 Å². The lowest BCUT2D eigenvalue weighted by atomic mass is 9.97. The summed E-state index contributed by atoms with van der Waals surface area (Å²) < 4.78 is 0. The molecule has 0 saturated carbocycles. The van der Waals surface area contributed by atoms with Gasteiger partial charge in [-0.1, -0.05) is 54.6 Å². The van der Waals surface area contributed by atoms with Crippen molar-refractivity contribution in [2.45, 2.75) is 58.7 Å². The summed E-state index contributed by atoms with van der Waals surface area (Å²) in [5.74, 6) is 0.116. The normalized spacial score (nSPS) is 13.2. The molecule has 0 aliphatic carbocycles. The van der Waals surface area contributed by atoms with Crippen molar-refractivity contribution in [3.8, 4) is 0 Å². The lowest BCUT2D eigenvalue weighted by Gasteiger charge is -2.31. The van der Waals surface area contributed by atoms with E-state index in [4.69, 9.17) is 0 Å².